The van der Waals surface area contributed by atoms with Crippen molar-refractivity contribution in [1.82, 2.24) is 5.32 Å². The van der Waals surface area contributed by atoms with E-state index in [1.165, 1.54) is 0 Å². The summed E-state index contributed by atoms with van der Waals surface area (Å²) in [5, 5.41) is 2.80. The summed E-state index contributed by atoms with van der Waals surface area (Å²) in [5.41, 5.74) is 0.554. The van der Waals surface area contributed by atoms with E-state index >= 15 is 0 Å². The number of hydrogen-bond donors (Lipinski definition) is 1. The van der Waals surface area contributed by atoms with Gasteiger partial charge < -0.3 is 5.32 Å². The fourth-order valence-electron chi connectivity index (χ4n) is 1.57. The van der Waals surface area contributed by atoms with Crippen molar-refractivity contribution < 1.29 is 4.79 Å². The van der Waals surface area contributed by atoms with E-state index in [0.717, 1.165) is 11.4 Å². The number of carbonyl (C=O) groups excluding carboxylic acids is 1. The van der Waals surface area contributed by atoms with E-state index in [4.69, 9.17) is 0 Å². The van der Waals surface area contributed by atoms with E-state index in [9.17, 15) is 4.79 Å². The van der Waals surface area contributed by atoms with Gasteiger partial charge in [-0.1, -0.05) is 30.3 Å². The third-order valence-electron chi connectivity index (χ3n) is 2.44. The van der Waals surface area contributed by atoms with Crippen LogP contribution in [0.1, 0.15) is 19.4 Å². The molecule has 78 valence electrons. The number of nitrogens with one attached hydrogen (secondary N) is 1. The van der Waals surface area contributed by atoms with E-state index in [1.807, 2.05) is 44.2 Å². The maximum atomic E-state index is 11.5. The highest BCUT2D eigenvalue weighted by Crippen LogP contribution is 2.15. The van der Waals surface area contributed by atoms with Gasteiger partial charge in [-0.15, -0.1) is 0 Å². The number of amidine groups is 1. The van der Waals surface area contributed by atoms with Crippen LogP contribution < -0.4 is 5.32 Å². The molecule has 1 heterocycles. The van der Waals surface area contributed by atoms with Crippen LogP contribution in [-0.4, -0.2) is 17.3 Å². The van der Waals surface area contributed by atoms with Gasteiger partial charge in [-0.3, -0.25) is 9.79 Å². The summed E-state index contributed by atoms with van der Waals surface area (Å²) in [5.74, 6) is 0.740. The molecule has 1 aromatic rings. The van der Waals surface area contributed by atoms with Gasteiger partial charge in [-0.2, -0.15) is 0 Å². The van der Waals surface area contributed by atoms with Gasteiger partial charge in [0.05, 0.1) is 0 Å². The highest BCUT2D eigenvalue weighted by molar-refractivity contribution is 6.08. The zero-order valence-electron chi connectivity index (χ0n) is 8.95. The first-order valence-corrected chi connectivity index (χ1v) is 5.02. The molecule has 0 atom stereocenters. The Morgan fingerprint density at radius 2 is 1.93 bits per heavy atom. The molecule has 3 nitrogen and oxygen atoms in total. The van der Waals surface area contributed by atoms with Crippen molar-refractivity contribution >= 4 is 11.7 Å². The van der Waals surface area contributed by atoms with Gasteiger partial charge in [-0.25, -0.2) is 0 Å². The lowest BCUT2D eigenvalue weighted by Crippen LogP contribution is -2.34. The van der Waals surface area contributed by atoms with Gasteiger partial charge in [0.25, 0.3) is 5.91 Å². The van der Waals surface area contributed by atoms with Crippen molar-refractivity contribution in [3.63, 3.8) is 0 Å². The fourth-order valence-corrected chi connectivity index (χ4v) is 1.57. The predicted octanol–water partition coefficient (Wildman–Crippen LogP) is 1.54. The lowest BCUT2D eigenvalue weighted by atomic mass is 10.1. The molecule has 0 spiro atoms. The number of hydrogen-bond acceptors (Lipinski definition) is 2. The average molecular weight is 202 g/mol. The molecule has 15 heavy (non-hydrogen) atoms. The molecule has 1 aromatic carbocycles. The first-order chi connectivity index (χ1) is 7.08. The Morgan fingerprint density at radius 1 is 1.27 bits per heavy atom. The molecule has 0 fully saturated rings. The number of carbonyl (C=O) groups is 1. The number of benzene rings is 1. The molecular weight excluding hydrogens is 188 g/mol. The summed E-state index contributed by atoms with van der Waals surface area (Å²) < 4.78 is 0. The molecule has 1 aliphatic heterocycles. The van der Waals surface area contributed by atoms with Crippen LogP contribution in [0.3, 0.4) is 0 Å². The Balaban J connectivity index is 2.13. The Labute approximate surface area is 89.2 Å². The number of rotatable bonds is 2. The monoisotopic (exact) mass is 202 g/mol. The van der Waals surface area contributed by atoms with Crippen molar-refractivity contribution in [2.24, 2.45) is 4.99 Å². The molecule has 0 saturated carbocycles. The minimum absolute atomic E-state index is 0.0200. The Bertz CT molecular complexity index is 407. The molecule has 0 saturated heterocycles. The van der Waals surface area contributed by atoms with Gasteiger partial charge in [0.2, 0.25) is 0 Å². The Hall–Kier alpha value is -1.64. The van der Waals surface area contributed by atoms with E-state index < -0.39 is 5.54 Å². The van der Waals surface area contributed by atoms with E-state index in [1.54, 1.807) is 0 Å². The first kappa shape index (κ1) is 9.90. The van der Waals surface area contributed by atoms with Crippen LogP contribution in [0.4, 0.5) is 0 Å². The van der Waals surface area contributed by atoms with Crippen molar-refractivity contribution in [2.75, 3.05) is 0 Å². The maximum Gasteiger partial charge on any atom is 0.252 e. The Kier molecular flexibility index (Phi) is 2.31. The number of amides is 1. The topological polar surface area (TPSA) is 41.5 Å². The van der Waals surface area contributed by atoms with Crippen LogP contribution in [0.5, 0.6) is 0 Å². The fraction of sp³-hybridized carbons (Fsp3) is 0.333. The Morgan fingerprint density at radius 3 is 2.47 bits per heavy atom. The molecule has 0 unspecified atom stereocenters. The molecule has 1 N–H and O–H groups in total. The SMILES string of the molecule is CC1(C)N=C(Cc2ccccc2)NC1=O. The summed E-state index contributed by atoms with van der Waals surface area (Å²) in [4.78, 5) is 15.8. The van der Waals surface area contributed by atoms with Crippen molar-refractivity contribution in [3.8, 4) is 0 Å². The maximum absolute atomic E-state index is 11.5. The second-order valence-electron chi connectivity index (χ2n) is 4.23. The van der Waals surface area contributed by atoms with Crippen LogP contribution >= 0.6 is 0 Å². The molecule has 2 rings (SSSR count). The highest BCUT2D eigenvalue weighted by atomic mass is 16.2. The third kappa shape index (κ3) is 2.06. The summed E-state index contributed by atoms with van der Waals surface area (Å²) in [6.45, 7) is 3.64. The first-order valence-electron chi connectivity index (χ1n) is 5.02. The molecule has 1 aliphatic rings. The third-order valence-corrected chi connectivity index (χ3v) is 2.44. The smallest absolute Gasteiger partial charge is 0.252 e. The van der Waals surface area contributed by atoms with E-state index in [-0.39, 0.29) is 5.91 Å². The highest BCUT2D eigenvalue weighted by Gasteiger charge is 2.33. The molecule has 3 heteroatoms. The largest absolute Gasteiger partial charge is 0.312 e. The lowest BCUT2D eigenvalue weighted by Gasteiger charge is -2.07. The molecule has 0 aliphatic carbocycles. The van der Waals surface area contributed by atoms with Crippen LogP contribution in [-0.2, 0) is 11.2 Å². The van der Waals surface area contributed by atoms with Gasteiger partial charge >= 0.3 is 0 Å². The summed E-state index contributed by atoms with van der Waals surface area (Å²) >= 11 is 0. The van der Waals surface area contributed by atoms with Crippen LogP contribution in [0.2, 0.25) is 0 Å². The van der Waals surface area contributed by atoms with E-state index in [2.05, 4.69) is 10.3 Å². The number of aliphatic imine (C=N–C) groups is 1. The minimum atomic E-state index is -0.607. The normalized spacial score (nSPS) is 18.5. The van der Waals surface area contributed by atoms with Crippen molar-refractivity contribution in [1.29, 1.82) is 0 Å². The molecular formula is C12H14N2O. The molecule has 0 bridgehead atoms. The van der Waals surface area contributed by atoms with Gasteiger partial charge in [0, 0.05) is 6.42 Å². The second kappa shape index (κ2) is 3.50. The summed E-state index contributed by atoms with van der Waals surface area (Å²) in [6, 6.07) is 10.00. The quantitative estimate of drug-likeness (QED) is 0.776. The second-order valence-corrected chi connectivity index (χ2v) is 4.23. The van der Waals surface area contributed by atoms with Gasteiger partial charge in [0.15, 0.2) is 0 Å². The number of nitrogens with zero attached hydrogens (tertiary/aromatic N) is 1. The van der Waals surface area contributed by atoms with Crippen LogP contribution in [0, 0.1) is 0 Å². The van der Waals surface area contributed by atoms with Crippen molar-refractivity contribution in [3.05, 3.63) is 35.9 Å². The zero-order valence-corrected chi connectivity index (χ0v) is 8.95. The van der Waals surface area contributed by atoms with Crippen molar-refractivity contribution in [2.45, 2.75) is 25.8 Å². The predicted molar refractivity (Wildman–Crippen MR) is 59.8 cm³/mol. The van der Waals surface area contributed by atoms with Crippen LogP contribution in [0.15, 0.2) is 35.3 Å². The summed E-state index contributed by atoms with van der Waals surface area (Å²) in [6.07, 6.45) is 0.690. The standard InChI is InChI=1S/C12H14N2O/c1-12(2)11(15)13-10(14-12)8-9-6-4-3-5-7-9/h3-7H,8H2,1-2H3,(H,13,14,15). The van der Waals surface area contributed by atoms with Gasteiger partial charge in [-0.05, 0) is 19.4 Å². The van der Waals surface area contributed by atoms with Gasteiger partial charge in [0.1, 0.15) is 11.4 Å². The lowest BCUT2D eigenvalue weighted by molar-refractivity contribution is -0.122. The molecule has 0 radical (unpaired) electrons. The molecule has 0 aromatic heterocycles. The average Bonchev–Trinajstić information content (AvgIpc) is 2.42. The summed E-state index contributed by atoms with van der Waals surface area (Å²) in [7, 11) is 0. The zero-order chi connectivity index (χ0) is 10.9. The van der Waals surface area contributed by atoms with E-state index in [0.29, 0.717) is 6.42 Å². The van der Waals surface area contributed by atoms with Crippen LogP contribution in [0.25, 0.3) is 0 Å². The molecule has 1 amide bonds. The minimum Gasteiger partial charge on any atom is -0.312 e.